The van der Waals surface area contributed by atoms with E-state index in [0.29, 0.717) is 17.4 Å². The van der Waals surface area contributed by atoms with Crippen molar-refractivity contribution in [2.45, 2.75) is 6.92 Å². The zero-order valence-electron chi connectivity index (χ0n) is 7.66. The Morgan fingerprint density at radius 1 is 1.46 bits per heavy atom. The summed E-state index contributed by atoms with van der Waals surface area (Å²) in [4.78, 5) is 7.90. The van der Waals surface area contributed by atoms with Gasteiger partial charge in [-0.15, -0.1) is 0 Å². The lowest BCUT2D eigenvalue weighted by Gasteiger charge is -2.10. The van der Waals surface area contributed by atoms with Gasteiger partial charge in [0.15, 0.2) is 11.6 Å². The molecule has 0 atom stereocenters. The number of methoxy groups -OCH3 is 1. The van der Waals surface area contributed by atoms with Crippen molar-refractivity contribution in [2.24, 2.45) is 5.84 Å². The maximum absolute atomic E-state index is 5.24. The van der Waals surface area contributed by atoms with Crippen LogP contribution in [0.5, 0.6) is 5.75 Å². The molecule has 0 amide bonds. The first-order valence-electron chi connectivity index (χ1n) is 3.93. The van der Waals surface area contributed by atoms with Crippen molar-refractivity contribution in [1.29, 1.82) is 0 Å². The molecule has 0 spiro atoms. The maximum Gasteiger partial charge on any atom is 0.205 e. The molecule has 0 aliphatic heterocycles. The number of nitrogens with one attached hydrogen (secondary N) is 2. The van der Waals surface area contributed by atoms with E-state index >= 15 is 0 Å². The molecule has 4 N–H and O–H groups in total. The zero-order valence-corrected chi connectivity index (χ0v) is 7.66. The van der Waals surface area contributed by atoms with Crippen LogP contribution < -0.4 is 21.3 Å². The van der Waals surface area contributed by atoms with E-state index in [-0.39, 0.29) is 0 Å². The third kappa shape index (κ3) is 1.97. The van der Waals surface area contributed by atoms with E-state index in [1.165, 1.54) is 6.33 Å². The topological polar surface area (TPSA) is 85.1 Å². The number of rotatable bonds is 4. The van der Waals surface area contributed by atoms with Crippen LogP contribution >= 0.6 is 0 Å². The molecule has 1 aromatic heterocycles. The molecule has 0 saturated heterocycles. The first-order chi connectivity index (χ1) is 6.33. The number of hydrogen-bond donors (Lipinski definition) is 3. The van der Waals surface area contributed by atoms with Crippen LogP contribution in [0.3, 0.4) is 0 Å². The molecule has 0 bridgehead atoms. The number of nitrogen functional groups attached to an aromatic ring is 1. The fourth-order valence-electron chi connectivity index (χ4n) is 0.963. The Morgan fingerprint density at radius 2 is 2.15 bits per heavy atom. The van der Waals surface area contributed by atoms with Crippen LogP contribution in [-0.2, 0) is 0 Å². The van der Waals surface area contributed by atoms with E-state index in [9.17, 15) is 0 Å². The van der Waals surface area contributed by atoms with Crippen molar-refractivity contribution in [2.75, 3.05) is 24.4 Å². The maximum atomic E-state index is 5.24. The predicted molar refractivity (Wildman–Crippen MR) is 50.6 cm³/mol. The number of aromatic nitrogens is 2. The number of hydrazine groups is 1. The average molecular weight is 183 g/mol. The molecule has 6 nitrogen and oxygen atoms in total. The Balaban J connectivity index is 3.03. The molecule has 0 saturated carbocycles. The molecule has 0 radical (unpaired) electrons. The second kappa shape index (κ2) is 4.46. The van der Waals surface area contributed by atoms with Gasteiger partial charge in [0.1, 0.15) is 6.33 Å². The third-order valence-electron chi connectivity index (χ3n) is 1.49. The van der Waals surface area contributed by atoms with E-state index in [1.807, 2.05) is 6.92 Å². The molecule has 0 aliphatic carbocycles. The lowest BCUT2D eigenvalue weighted by atomic mass is 10.4. The SMILES string of the molecule is CCNc1ncnc(NN)c1OC. The van der Waals surface area contributed by atoms with Crippen LogP contribution in [0.1, 0.15) is 6.92 Å². The Morgan fingerprint density at radius 3 is 2.69 bits per heavy atom. The number of nitrogens with two attached hydrogens (primary N) is 1. The largest absolute Gasteiger partial charge is 0.490 e. The fraction of sp³-hybridized carbons (Fsp3) is 0.429. The van der Waals surface area contributed by atoms with Crippen molar-refractivity contribution < 1.29 is 4.74 Å². The summed E-state index contributed by atoms with van der Waals surface area (Å²) in [5, 5.41) is 3.03. The van der Waals surface area contributed by atoms with Gasteiger partial charge in [-0.3, -0.25) is 0 Å². The van der Waals surface area contributed by atoms with Crippen molar-refractivity contribution in [3.8, 4) is 5.75 Å². The summed E-state index contributed by atoms with van der Waals surface area (Å²) in [5.74, 6) is 6.86. The molecule has 0 fully saturated rings. The first-order valence-corrected chi connectivity index (χ1v) is 3.93. The van der Waals surface area contributed by atoms with Gasteiger partial charge in [0.2, 0.25) is 5.75 Å². The summed E-state index contributed by atoms with van der Waals surface area (Å²) in [5.41, 5.74) is 2.43. The van der Waals surface area contributed by atoms with E-state index < -0.39 is 0 Å². The Labute approximate surface area is 76.5 Å². The van der Waals surface area contributed by atoms with Crippen LogP contribution in [0.2, 0.25) is 0 Å². The van der Waals surface area contributed by atoms with Gasteiger partial charge in [0.25, 0.3) is 0 Å². The normalized spacial score (nSPS) is 9.46. The Bertz CT molecular complexity index is 278. The summed E-state index contributed by atoms with van der Waals surface area (Å²) < 4.78 is 5.09. The van der Waals surface area contributed by atoms with E-state index in [1.54, 1.807) is 7.11 Å². The Kier molecular flexibility index (Phi) is 3.27. The number of anilines is 2. The van der Waals surface area contributed by atoms with Gasteiger partial charge >= 0.3 is 0 Å². The van der Waals surface area contributed by atoms with Crippen molar-refractivity contribution in [3.05, 3.63) is 6.33 Å². The molecule has 1 heterocycles. The molecule has 0 aromatic carbocycles. The van der Waals surface area contributed by atoms with Gasteiger partial charge < -0.3 is 15.5 Å². The van der Waals surface area contributed by atoms with Gasteiger partial charge in [0, 0.05) is 6.54 Å². The van der Waals surface area contributed by atoms with E-state index in [2.05, 4.69) is 20.7 Å². The minimum absolute atomic E-state index is 0.466. The Hall–Kier alpha value is -1.56. The highest BCUT2D eigenvalue weighted by molar-refractivity contribution is 5.62. The molecular weight excluding hydrogens is 170 g/mol. The second-order valence-electron chi connectivity index (χ2n) is 2.28. The molecule has 0 aliphatic rings. The minimum Gasteiger partial charge on any atom is -0.490 e. The van der Waals surface area contributed by atoms with E-state index in [0.717, 1.165) is 6.54 Å². The number of nitrogens with zero attached hydrogens (tertiary/aromatic N) is 2. The number of hydrogen-bond acceptors (Lipinski definition) is 6. The molecular formula is C7H13N5O. The zero-order chi connectivity index (χ0) is 9.68. The van der Waals surface area contributed by atoms with Crippen LogP contribution in [0, 0.1) is 0 Å². The summed E-state index contributed by atoms with van der Waals surface area (Å²) in [6.07, 6.45) is 1.41. The molecule has 13 heavy (non-hydrogen) atoms. The lowest BCUT2D eigenvalue weighted by molar-refractivity contribution is 0.414. The van der Waals surface area contributed by atoms with Crippen molar-refractivity contribution in [3.63, 3.8) is 0 Å². The highest BCUT2D eigenvalue weighted by atomic mass is 16.5. The van der Waals surface area contributed by atoms with Crippen LogP contribution in [0.15, 0.2) is 6.33 Å². The fourth-order valence-corrected chi connectivity index (χ4v) is 0.963. The van der Waals surface area contributed by atoms with E-state index in [4.69, 9.17) is 10.6 Å². The van der Waals surface area contributed by atoms with Crippen LogP contribution in [-0.4, -0.2) is 23.6 Å². The summed E-state index contributed by atoms with van der Waals surface area (Å²) in [6, 6.07) is 0. The highest BCUT2D eigenvalue weighted by Crippen LogP contribution is 2.27. The first kappa shape index (κ1) is 9.53. The van der Waals surface area contributed by atoms with Crippen molar-refractivity contribution >= 4 is 11.6 Å². The van der Waals surface area contributed by atoms with Gasteiger partial charge in [0.05, 0.1) is 7.11 Å². The minimum atomic E-state index is 0.466. The van der Waals surface area contributed by atoms with Crippen molar-refractivity contribution in [1.82, 2.24) is 9.97 Å². The average Bonchev–Trinajstić information content (AvgIpc) is 2.18. The highest BCUT2D eigenvalue weighted by Gasteiger charge is 2.09. The molecule has 6 heteroatoms. The van der Waals surface area contributed by atoms with Gasteiger partial charge in [-0.1, -0.05) is 0 Å². The predicted octanol–water partition coefficient (Wildman–Crippen LogP) is 0.203. The smallest absolute Gasteiger partial charge is 0.205 e. The van der Waals surface area contributed by atoms with Gasteiger partial charge in [-0.25, -0.2) is 15.8 Å². The summed E-state index contributed by atoms with van der Waals surface area (Å²) in [7, 11) is 1.54. The number of ether oxygens (including phenoxy) is 1. The third-order valence-corrected chi connectivity index (χ3v) is 1.49. The molecule has 0 unspecified atom stereocenters. The molecule has 1 aromatic rings. The van der Waals surface area contributed by atoms with Gasteiger partial charge in [-0.2, -0.15) is 0 Å². The van der Waals surface area contributed by atoms with Gasteiger partial charge in [-0.05, 0) is 6.92 Å². The second-order valence-corrected chi connectivity index (χ2v) is 2.28. The monoisotopic (exact) mass is 183 g/mol. The van der Waals surface area contributed by atoms with Crippen LogP contribution in [0.4, 0.5) is 11.6 Å². The standard InChI is InChI=1S/C7H13N5O/c1-3-9-6-5(13-2)7(12-8)11-4-10-6/h4H,3,8H2,1-2H3,(H2,9,10,11,12). The van der Waals surface area contributed by atoms with Crippen LogP contribution in [0.25, 0.3) is 0 Å². The quantitative estimate of drug-likeness (QED) is 0.457. The molecule has 1 rings (SSSR count). The lowest BCUT2D eigenvalue weighted by Crippen LogP contribution is -2.12. The summed E-state index contributed by atoms with van der Waals surface area (Å²) in [6.45, 7) is 2.73. The molecule has 72 valence electrons. The summed E-state index contributed by atoms with van der Waals surface area (Å²) >= 11 is 0.